The van der Waals surface area contributed by atoms with Crippen molar-refractivity contribution in [1.29, 1.82) is 0 Å². The molecule has 8 heteroatoms. The Labute approximate surface area is 239 Å². The molecule has 5 rings (SSSR count). The largest absolute Gasteiger partial charge is 0.416 e. The van der Waals surface area contributed by atoms with Gasteiger partial charge in [0.2, 0.25) is 0 Å². The van der Waals surface area contributed by atoms with Gasteiger partial charge in [-0.3, -0.25) is 4.79 Å². The molecular weight excluding hydrogens is 530 g/mol. The molecule has 0 spiro atoms. The number of nitrogens with zero attached hydrogens (tertiary/aromatic N) is 1. The maximum absolute atomic E-state index is 14.9. The maximum Gasteiger partial charge on any atom is 0.416 e. The van der Waals surface area contributed by atoms with E-state index in [0.29, 0.717) is 36.8 Å². The van der Waals surface area contributed by atoms with Crippen molar-refractivity contribution in [3.63, 3.8) is 0 Å². The van der Waals surface area contributed by atoms with Crippen LogP contribution in [0.1, 0.15) is 77.2 Å². The van der Waals surface area contributed by atoms with Gasteiger partial charge in [0, 0.05) is 36.4 Å². The molecule has 0 aromatic heterocycles. The van der Waals surface area contributed by atoms with Crippen LogP contribution in [-0.4, -0.2) is 29.9 Å². The summed E-state index contributed by atoms with van der Waals surface area (Å²) in [5.74, 6) is -1.01. The smallest absolute Gasteiger partial charge is 0.385 e. The molecule has 41 heavy (non-hydrogen) atoms. The number of carbonyl (C=O) groups excluding carboxylic acids is 1. The van der Waals surface area contributed by atoms with Crippen LogP contribution in [0.3, 0.4) is 0 Å². The van der Waals surface area contributed by atoms with E-state index in [0.717, 1.165) is 36.6 Å². The van der Waals surface area contributed by atoms with Crippen molar-refractivity contribution >= 4 is 17.3 Å². The fraction of sp³-hybridized carbons (Fsp3) is 0.424. The number of amides is 1. The molecule has 2 unspecified atom stereocenters. The number of benzene rings is 3. The molecule has 2 fully saturated rings. The van der Waals surface area contributed by atoms with Crippen LogP contribution in [-0.2, 0) is 6.18 Å². The number of halogens is 4. The first-order valence-corrected chi connectivity index (χ1v) is 14.5. The summed E-state index contributed by atoms with van der Waals surface area (Å²) in [4.78, 5) is 15.6. The molecule has 0 bridgehead atoms. The van der Waals surface area contributed by atoms with Crippen molar-refractivity contribution in [2.24, 2.45) is 5.92 Å². The second-order valence-corrected chi connectivity index (χ2v) is 11.4. The van der Waals surface area contributed by atoms with Gasteiger partial charge in [-0.15, -0.1) is 0 Å². The Balaban J connectivity index is 1.43. The van der Waals surface area contributed by atoms with Crippen LogP contribution >= 0.6 is 0 Å². The van der Waals surface area contributed by atoms with Gasteiger partial charge in [0.25, 0.3) is 5.91 Å². The average molecular weight is 568 g/mol. The van der Waals surface area contributed by atoms with E-state index in [1.807, 2.05) is 24.3 Å². The van der Waals surface area contributed by atoms with Gasteiger partial charge in [-0.05, 0) is 86.6 Å². The monoisotopic (exact) mass is 567 g/mol. The Kier molecular flexibility index (Phi) is 8.57. The van der Waals surface area contributed by atoms with Crippen molar-refractivity contribution in [2.45, 2.75) is 70.6 Å². The second-order valence-electron chi connectivity index (χ2n) is 11.4. The van der Waals surface area contributed by atoms with Crippen LogP contribution in [0.4, 0.5) is 28.9 Å². The summed E-state index contributed by atoms with van der Waals surface area (Å²) in [6, 6.07) is 17.1. The lowest BCUT2D eigenvalue weighted by Gasteiger charge is -2.42. The average Bonchev–Trinajstić information content (AvgIpc) is 3.45. The summed E-state index contributed by atoms with van der Waals surface area (Å²) in [5, 5.41) is 6.80. The molecule has 0 radical (unpaired) electrons. The summed E-state index contributed by atoms with van der Waals surface area (Å²) in [6.45, 7) is 4.02. The molecule has 1 saturated carbocycles. The summed E-state index contributed by atoms with van der Waals surface area (Å²) >= 11 is 0. The Hall–Kier alpha value is -3.55. The highest BCUT2D eigenvalue weighted by atomic mass is 19.4. The van der Waals surface area contributed by atoms with Crippen molar-refractivity contribution < 1.29 is 22.4 Å². The van der Waals surface area contributed by atoms with Gasteiger partial charge in [-0.1, -0.05) is 43.2 Å². The third-order valence-electron chi connectivity index (χ3n) is 8.54. The topological polar surface area (TPSA) is 44.4 Å². The zero-order valence-electron chi connectivity index (χ0n) is 23.5. The predicted octanol–water partition coefficient (Wildman–Crippen LogP) is 8.52. The lowest BCUT2D eigenvalue weighted by atomic mass is 9.83. The number of nitrogens with one attached hydrogen (secondary N) is 2. The number of rotatable bonds is 7. The van der Waals surface area contributed by atoms with E-state index in [9.17, 15) is 22.4 Å². The summed E-state index contributed by atoms with van der Waals surface area (Å²) in [5.41, 5.74) is 2.47. The molecule has 1 amide bonds. The normalized spacial score (nSPS) is 19.8. The molecule has 1 aliphatic heterocycles. The first-order chi connectivity index (χ1) is 19.6. The minimum atomic E-state index is -4.44. The number of hydrogen-bond donors (Lipinski definition) is 2. The lowest BCUT2D eigenvalue weighted by Crippen LogP contribution is -2.45. The molecule has 4 nitrogen and oxygen atoms in total. The predicted molar refractivity (Wildman–Crippen MR) is 155 cm³/mol. The van der Waals surface area contributed by atoms with Crippen LogP contribution in [0.5, 0.6) is 0 Å². The van der Waals surface area contributed by atoms with Crippen LogP contribution in [0.2, 0.25) is 0 Å². The first-order valence-electron chi connectivity index (χ1n) is 14.5. The van der Waals surface area contributed by atoms with E-state index in [4.69, 9.17) is 0 Å². The van der Waals surface area contributed by atoms with Gasteiger partial charge in [0.05, 0.1) is 17.2 Å². The number of alkyl halides is 3. The summed E-state index contributed by atoms with van der Waals surface area (Å²) in [6.07, 6.45) is 1.80. The van der Waals surface area contributed by atoms with Gasteiger partial charge in [-0.25, -0.2) is 4.39 Å². The Bertz CT molecular complexity index is 1350. The minimum absolute atomic E-state index is 0.0685. The third-order valence-corrected chi connectivity index (χ3v) is 8.54. The summed E-state index contributed by atoms with van der Waals surface area (Å²) in [7, 11) is 0. The highest BCUT2D eigenvalue weighted by Crippen LogP contribution is 2.39. The van der Waals surface area contributed by atoms with E-state index >= 15 is 0 Å². The number of piperidine rings is 1. The Morgan fingerprint density at radius 3 is 2.29 bits per heavy atom. The Morgan fingerprint density at radius 1 is 0.902 bits per heavy atom. The zero-order valence-corrected chi connectivity index (χ0v) is 23.5. The number of carbonyl (C=O) groups is 1. The second kappa shape index (κ2) is 12.1. The van der Waals surface area contributed by atoms with Crippen LogP contribution in [0, 0.1) is 25.6 Å². The van der Waals surface area contributed by atoms with Gasteiger partial charge in [0.1, 0.15) is 5.82 Å². The standard InChI is InChI=1S/C33H37F4N3O/c1-21-12-15-27(19-28(21)33(35,36)37)38-20-24-8-6-18-40(32(41)30-22(2)7-5-11-29(30)34)31(24)23-13-16-26(17-14-23)39-25-9-3-4-10-25/h5,7,11-17,19,24-25,31,38-39H,3-4,6,8-10,18,20H2,1-2H3. The molecule has 1 saturated heterocycles. The molecule has 1 heterocycles. The van der Waals surface area contributed by atoms with Crippen molar-refractivity contribution in [3.8, 4) is 0 Å². The van der Waals surface area contributed by atoms with Crippen LogP contribution in [0.15, 0.2) is 60.7 Å². The molecule has 2 aliphatic rings. The molecule has 218 valence electrons. The SMILES string of the molecule is Cc1ccc(NCC2CCCN(C(=O)c3c(C)cccc3F)C2c2ccc(NC3CCCC3)cc2)cc1C(F)(F)F. The van der Waals surface area contributed by atoms with E-state index in [-0.39, 0.29) is 29.0 Å². The number of likely N-dealkylation sites (tertiary alicyclic amines) is 1. The molecular formula is C33H37F4N3O. The van der Waals surface area contributed by atoms with E-state index in [1.165, 1.54) is 31.9 Å². The fourth-order valence-electron chi connectivity index (χ4n) is 6.38. The fourth-order valence-corrected chi connectivity index (χ4v) is 6.38. The van der Waals surface area contributed by atoms with Crippen molar-refractivity contribution in [1.82, 2.24) is 4.90 Å². The number of hydrogen-bond acceptors (Lipinski definition) is 3. The molecule has 3 aromatic rings. The molecule has 2 atom stereocenters. The molecule has 2 N–H and O–H groups in total. The van der Waals surface area contributed by atoms with Gasteiger partial charge in [-0.2, -0.15) is 13.2 Å². The lowest BCUT2D eigenvalue weighted by molar-refractivity contribution is -0.138. The first kappa shape index (κ1) is 29.0. The number of aryl methyl sites for hydroxylation is 2. The molecule has 1 aliphatic carbocycles. The minimum Gasteiger partial charge on any atom is -0.385 e. The van der Waals surface area contributed by atoms with Crippen LogP contribution < -0.4 is 10.6 Å². The zero-order chi connectivity index (χ0) is 29.1. The summed E-state index contributed by atoms with van der Waals surface area (Å²) < 4.78 is 55.5. The van der Waals surface area contributed by atoms with Gasteiger partial charge in [0.15, 0.2) is 0 Å². The van der Waals surface area contributed by atoms with Gasteiger partial charge < -0.3 is 15.5 Å². The molecule has 3 aromatic carbocycles. The maximum atomic E-state index is 14.9. The van der Waals surface area contributed by atoms with Crippen LogP contribution in [0.25, 0.3) is 0 Å². The van der Waals surface area contributed by atoms with Gasteiger partial charge >= 0.3 is 6.18 Å². The van der Waals surface area contributed by atoms with Crippen molar-refractivity contribution in [3.05, 3.63) is 94.3 Å². The van der Waals surface area contributed by atoms with E-state index in [1.54, 1.807) is 30.0 Å². The highest BCUT2D eigenvalue weighted by molar-refractivity contribution is 5.96. The van der Waals surface area contributed by atoms with Crippen molar-refractivity contribution in [2.75, 3.05) is 23.7 Å². The van der Waals surface area contributed by atoms with E-state index in [2.05, 4.69) is 10.6 Å². The van der Waals surface area contributed by atoms with E-state index < -0.39 is 17.6 Å². The Morgan fingerprint density at radius 2 is 1.61 bits per heavy atom. The number of anilines is 2. The third kappa shape index (κ3) is 6.52. The highest BCUT2D eigenvalue weighted by Gasteiger charge is 2.37. The quantitative estimate of drug-likeness (QED) is 0.281.